The number of hydrogen-bond donors (Lipinski definition) is 0. The summed E-state index contributed by atoms with van der Waals surface area (Å²) in [5.41, 5.74) is 3.46. The summed E-state index contributed by atoms with van der Waals surface area (Å²) in [6, 6.07) is 7.28. The van der Waals surface area contributed by atoms with E-state index in [0.29, 0.717) is 23.0 Å². The highest BCUT2D eigenvalue weighted by Crippen LogP contribution is 2.18. The molecule has 0 aliphatic rings. The fraction of sp³-hybridized carbons (Fsp3) is 0.286. The molecule has 93 valence electrons. The molecule has 0 aliphatic heterocycles. The van der Waals surface area contributed by atoms with Crippen molar-refractivity contribution in [2.75, 3.05) is 0 Å². The molecule has 0 atom stereocenters. The number of rotatable bonds is 4. The molecule has 18 heavy (non-hydrogen) atoms. The Morgan fingerprint density at radius 3 is 2.89 bits per heavy atom. The van der Waals surface area contributed by atoms with Crippen LogP contribution in [0, 0.1) is 19.9 Å². The number of Topliss-reactive ketones (excluding diaryl/α,β-unsaturated/α-hetero) is 1. The van der Waals surface area contributed by atoms with Crippen molar-refractivity contribution in [1.82, 2.24) is 4.98 Å². The van der Waals surface area contributed by atoms with E-state index in [1.54, 1.807) is 5.38 Å². The van der Waals surface area contributed by atoms with Crippen LogP contribution in [0.4, 0.5) is 0 Å². The molecule has 2 rings (SSSR count). The van der Waals surface area contributed by atoms with Gasteiger partial charge in [0, 0.05) is 11.8 Å². The number of hydrogen-bond acceptors (Lipinski definition) is 3. The predicted molar refractivity (Wildman–Crippen MR) is 74.5 cm³/mol. The number of aryl methyl sites for hydroxylation is 3. The minimum Gasteiger partial charge on any atom is -0.292 e. The maximum atomic E-state index is 11.9. The van der Waals surface area contributed by atoms with E-state index >= 15 is 0 Å². The van der Waals surface area contributed by atoms with E-state index in [9.17, 15) is 4.79 Å². The Balaban J connectivity index is 2.01. The molecule has 0 unspecified atom stereocenters. The van der Waals surface area contributed by atoms with Gasteiger partial charge in [0.05, 0.1) is 0 Å². The van der Waals surface area contributed by atoms with Crippen molar-refractivity contribution in [3.05, 3.63) is 50.4 Å². The van der Waals surface area contributed by atoms with Gasteiger partial charge in [-0.2, -0.15) is 0 Å². The van der Waals surface area contributed by atoms with Crippen molar-refractivity contribution < 1.29 is 4.79 Å². The number of nitrogens with zero attached hydrogens (tertiary/aromatic N) is 1. The van der Waals surface area contributed by atoms with Gasteiger partial charge in [-0.25, -0.2) is 4.98 Å². The van der Waals surface area contributed by atoms with Gasteiger partial charge in [-0.3, -0.25) is 4.79 Å². The molecule has 1 radical (unpaired) electrons. The Morgan fingerprint density at radius 2 is 2.28 bits per heavy atom. The Kier molecular flexibility index (Phi) is 4.15. The Hall–Kier alpha value is -1.19. The quantitative estimate of drug-likeness (QED) is 0.791. The van der Waals surface area contributed by atoms with Crippen molar-refractivity contribution in [3.8, 4) is 0 Å². The molecule has 2 aromatic rings. The van der Waals surface area contributed by atoms with E-state index in [0.717, 1.165) is 5.56 Å². The van der Waals surface area contributed by atoms with Crippen molar-refractivity contribution in [2.45, 2.75) is 26.7 Å². The SMILES string of the molecule is Cc1c[c]c(CCC(=O)c2nc(Cl)cs2)c(C)c1. The average molecular weight is 279 g/mol. The van der Waals surface area contributed by atoms with Crippen LogP contribution < -0.4 is 0 Å². The monoisotopic (exact) mass is 278 g/mol. The second-order valence-corrected chi connectivity index (χ2v) is 5.48. The highest BCUT2D eigenvalue weighted by molar-refractivity contribution is 7.12. The highest BCUT2D eigenvalue weighted by Gasteiger charge is 2.11. The zero-order valence-electron chi connectivity index (χ0n) is 10.3. The first-order chi connectivity index (χ1) is 8.56. The molecule has 0 amide bonds. The summed E-state index contributed by atoms with van der Waals surface area (Å²) in [5.74, 6) is 0.0419. The van der Waals surface area contributed by atoms with Gasteiger partial charge in [-0.1, -0.05) is 29.3 Å². The minimum absolute atomic E-state index is 0.0419. The first-order valence-corrected chi connectivity index (χ1v) is 6.94. The Morgan fingerprint density at radius 1 is 1.50 bits per heavy atom. The van der Waals surface area contributed by atoms with Gasteiger partial charge in [-0.15, -0.1) is 11.3 Å². The summed E-state index contributed by atoms with van der Waals surface area (Å²) >= 11 is 7.00. The smallest absolute Gasteiger partial charge is 0.191 e. The van der Waals surface area contributed by atoms with Gasteiger partial charge in [0.15, 0.2) is 10.8 Å². The average Bonchev–Trinajstić information content (AvgIpc) is 2.74. The third kappa shape index (κ3) is 3.18. The van der Waals surface area contributed by atoms with Crippen molar-refractivity contribution in [1.29, 1.82) is 0 Å². The van der Waals surface area contributed by atoms with Crippen LogP contribution in [0.1, 0.15) is 32.9 Å². The standard InChI is InChI=1S/C14H13ClNOS/c1-9-3-4-11(10(2)7-9)5-6-12(17)14-16-13(15)8-18-14/h3,7-8H,5-6H2,1-2H3. The van der Waals surface area contributed by atoms with Gasteiger partial charge in [0.2, 0.25) is 0 Å². The van der Waals surface area contributed by atoms with E-state index in [1.165, 1.54) is 22.5 Å². The largest absolute Gasteiger partial charge is 0.292 e. The third-order valence-electron chi connectivity index (χ3n) is 2.71. The van der Waals surface area contributed by atoms with E-state index < -0.39 is 0 Å². The number of benzene rings is 1. The maximum absolute atomic E-state index is 11.9. The molecule has 0 saturated heterocycles. The molecule has 0 bridgehead atoms. The third-order valence-corrected chi connectivity index (χ3v) is 3.92. The minimum atomic E-state index is 0.0419. The summed E-state index contributed by atoms with van der Waals surface area (Å²) < 4.78 is 0. The normalized spacial score (nSPS) is 10.6. The summed E-state index contributed by atoms with van der Waals surface area (Å²) in [6.45, 7) is 4.08. The summed E-state index contributed by atoms with van der Waals surface area (Å²) in [5, 5.41) is 2.56. The van der Waals surface area contributed by atoms with E-state index in [2.05, 4.69) is 17.1 Å². The van der Waals surface area contributed by atoms with Gasteiger partial charge in [-0.05, 0) is 37.5 Å². The van der Waals surface area contributed by atoms with Gasteiger partial charge in [0.25, 0.3) is 0 Å². The molecule has 2 nitrogen and oxygen atoms in total. The fourth-order valence-electron chi connectivity index (χ4n) is 1.78. The lowest BCUT2D eigenvalue weighted by atomic mass is 10.0. The van der Waals surface area contributed by atoms with Crippen LogP contribution in [-0.4, -0.2) is 10.8 Å². The van der Waals surface area contributed by atoms with Crippen molar-refractivity contribution >= 4 is 28.7 Å². The van der Waals surface area contributed by atoms with E-state index in [1.807, 2.05) is 19.9 Å². The molecule has 0 N–H and O–H groups in total. The van der Waals surface area contributed by atoms with Gasteiger partial charge in [0.1, 0.15) is 5.15 Å². The highest BCUT2D eigenvalue weighted by atomic mass is 35.5. The van der Waals surface area contributed by atoms with Crippen LogP contribution in [0.15, 0.2) is 17.5 Å². The van der Waals surface area contributed by atoms with Gasteiger partial charge >= 0.3 is 0 Å². The molecular weight excluding hydrogens is 266 g/mol. The molecule has 0 aliphatic carbocycles. The number of halogens is 1. The fourth-order valence-corrected chi connectivity index (χ4v) is 2.70. The lowest BCUT2D eigenvalue weighted by Crippen LogP contribution is -2.02. The molecule has 0 spiro atoms. The number of carbonyl (C=O) groups excluding carboxylic acids is 1. The van der Waals surface area contributed by atoms with Crippen LogP contribution in [-0.2, 0) is 6.42 Å². The maximum Gasteiger partial charge on any atom is 0.191 e. The molecule has 1 aromatic heterocycles. The molecule has 1 heterocycles. The van der Waals surface area contributed by atoms with E-state index in [-0.39, 0.29) is 5.78 Å². The summed E-state index contributed by atoms with van der Waals surface area (Å²) in [6.07, 6.45) is 1.15. The summed E-state index contributed by atoms with van der Waals surface area (Å²) in [4.78, 5) is 15.9. The van der Waals surface area contributed by atoms with Crippen molar-refractivity contribution in [3.63, 3.8) is 0 Å². The molecule has 0 saturated carbocycles. The number of carbonyl (C=O) groups is 1. The van der Waals surface area contributed by atoms with Crippen LogP contribution in [0.3, 0.4) is 0 Å². The zero-order valence-corrected chi connectivity index (χ0v) is 11.9. The number of thiazole rings is 1. The topological polar surface area (TPSA) is 30.0 Å². The zero-order chi connectivity index (χ0) is 13.1. The summed E-state index contributed by atoms with van der Waals surface area (Å²) in [7, 11) is 0. The number of ketones is 1. The van der Waals surface area contributed by atoms with Crippen LogP contribution in [0.5, 0.6) is 0 Å². The molecule has 0 fully saturated rings. The predicted octanol–water partition coefficient (Wildman–Crippen LogP) is 4.03. The Labute approximate surface area is 116 Å². The van der Waals surface area contributed by atoms with Crippen LogP contribution in [0.25, 0.3) is 0 Å². The van der Waals surface area contributed by atoms with Crippen LogP contribution >= 0.6 is 22.9 Å². The lowest BCUT2D eigenvalue weighted by molar-refractivity contribution is 0.0982. The van der Waals surface area contributed by atoms with Crippen LogP contribution in [0.2, 0.25) is 5.15 Å². The number of aromatic nitrogens is 1. The second kappa shape index (κ2) is 5.63. The first kappa shape index (κ1) is 13.2. The lowest BCUT2D eigenvalue weighted by Gasteiger charge is -2.05. The second-order valence-electron chi connectivity index (χ2n) is 4.24. The van der Waals surface area contributed by atoms with Gasteiger partial charge < -0.3 is 0 Å². The molecule has 1 aromatic carbocycles. The van der Waals surface area contributed by atoms with E-state index in [4.69, 9.17) is 11.6 Å². The van der Waals surface area contributed by atoms with Crippen molar-refractivity contribution in [2.24, 2.45) is 0 Å². The Bertz CT molecular complexity index is 577. The first-order valence-electron chi connectivity index (χ1n) is 5.68. The molecule has 4 heteroatoms. The molecular formula is C14H13ClNOS.